The summed E-state index contributed by atoms with van der Waals surface area (Å²) in [6, 6.07) is 11.6. The second-order valence-electron chi connectivity index (χ2n) is 7.00. The summed E-state index contributed by atoms with van der Waals surface area (Å²) in [6.45, 7) is 3.16. The van der Waals surface area contributed by atoms with Crippen molar-refractivity contribution in [2.45, 2.75) is 19.4 Å². The van der Waals surface area contributed by atoms with E-state index in [-0.39, 0.29) is 5.91 Å². The number of aromatic nitrogens is 4. The number of likely N-dealkylation sites (N-methyl/N-ethyl adjacent to an activating group) is 1. The van der Waals surface area contributed by atoms with E-state index in [2.05, 4.69) is 20.4 Å². The fourth-order valence-corrected chi connectivity index (χ4v) is 3.22. The second kappa shape index (κ2) is 10.3. The molecular formula is C21H26N8O. The van der Waals surface area contributed by atoms with E-state index in [0.29, 0.717) is 12.0 Å². The number of carbonyl (C=O) groups excluding carboxylic acids is 1. The first-order chi connectivity index (χ1) is 14.6. The Hall–Kier alpha value is -3.51. The van der Waals surface area contributed by atoms with Crippen LogP contribution in [0.15, 0.2) is 42.9 Å². The molecular weight excluding hydrogens is 380 g/mol. The third-order valence-corrected chi connectivity index (χ3v) is 4.88. The van der Waals surface area contributed by atoms with Crippen LogP contribution in [0, 0.1) is 11.3 Å². The molecule has 0 spiro atoms. The highest BCUT2D eigenvalue weighted by Crippen LogP contribution is 2.12. The third-order valence-electron chi connectivity index (χ3n) is 4.88. The molecule has 3 aromatic rings. The number of rotatable bonds is 6. The van der Waals surface area contributed by atoms with Crippen molar-refractivity contribution in [2.24, 2.45) is 0 Å². The van der Waals surface area contributed by atoms with Crippen LogP contribution in [0.3, 0.4) is 0 Å². The minimum absolute atomic E-state index is 0.246. The van der Waals surface area contributed by atoms with Gasteiger partial charge < -0.3 is 15.1 Å². The lowest BCUT2D eigenvalue weighted by atomic mass is 10.3. The van der Waals surface area contributed by atoms with Gasteiger partial charge in [-0.25, -0.2) is 14.5 Å². The summed E-state index contributed by atoms with van der Waals surface area (Å²) in [5, 5.41) is 15.9. The quantitative estimate of drug-likeness (QED) is 0.661. The number of hydrogen-bond acceptors (Lipinski definition) is 7. The number of carbonyl (C=O) groups is 1. The summed E-state index contributed by atoms with van der Waals surface area (Å²) in [5.41, 5.74) is 2.57. The van der Waals surface area contributed by atoms with E-state index >= 15 is 0 Å². The topological polar surface area (TPSA) is 102 Å². The van der Waals surface area contributed by atoms with E-state index in [9.17, 15) is 4.79 Å². The van der Waals surface area contributed by atoms with Crippen LogP contribution in [0.1, 0.15) is 24.1 Å². The molecule has 9 heteroatoms. The van der Waals surface area contributed by atoms with Gasteiger partial charge in [0, 0.05) is 45.8 Å². The van der Waals surface area contributed by atoms with Crippen molar-refractivity contribution in [3.63, 3.8) is 0 Å². The summed E-state index contributed by atoms with van der Waals surface area (Å²) in [4.78, 5) is 23.6. The van der Waals surface area contributed by atoms with Crippen LogP contribution in [0.2, 0.25) is 0 Å². The first kappa shape index (κ1) is 21.2. The second-order valence-corrected chi connectivity index (χ2v) is 7.00. The van der Waals surface area contributed by atoms with Crippen molar-refractivity contribution in [3.8, 4) is 6.07 Å². The zero-order valence-electron chi connectivity index (χ0n) is 17.3. The summed E-state index contributed by atoms with van der Waals surface area (Å²) in [7, 11) is 3.85. The highest BCUT2D eigenvalue weighted by molar-refractivity contribution is 5.78. The van der Waals surface area contributed by atoms with Crippen LogP contribution < -0.4 is 10.2 Å². The molecule has 0 saturated carbocycles. The van der Waals surface area contributed by atoms with E-state index in [1.54, 1.807) is 18.6 Å². The molecule has 4 heterocycles. The number of likely N-dealkylation sites (tertiary alicyclic amines) is 1. The first-order valence-corrected chi connectivity index (χ1v) is 9.89. The molecule has 3 aromatic heterocycles. The van der Waals surface area contributed by atoms with Crippen molar-refractivity contribution in [1.29, 1.82) is 5.26 Å². The molecule has 1 aliphatic rings. The van der Waals surface area contributed by atoms with E-state index < -0.39 is 0 Å². The number of pyridine rings is 2. The summed E-state index contributed by atoms with van der Waals surface area (Å²) < 4.78 is 1.83. The van der Waals surface area contributed by atoms with Crippen molar-refractivity contribution in [1.82, 2.24) is 29.8 Å². The van der Waals surface area contributed by atoms with E-state index in [4.69, 9.17) is 5.26 Å². The molecule has 1 amide bonds. The Morgan fingerprint density at radius 2 is 2.13 bits per heavy atom. The molecule has 30 heavy (non-hydrogen) atoms. The lowest BCUT2D eigenvalue weighted by Gasteiger charge is -2.22. The predicted molar refractivity (Wildman–Crippen MR) is 114 cm³/mol. The third kappa shape index (κ3) is 5.30. The fraction of sp³-hybridized carbons (Fsp3) is 0.381. The molecule has 0 aromatic carbocycles. The van der Waals surface area contributed by atoms with Gasteiger partial charge in [-0.05, 0) is 37.7 Å². The number of fused-ring (bicyclic) bond motifs is 1. The lowest BCUT2D eigenvalue weighted by Crippen LogP contribution is -2.34. The van der Waals surface area contributed by atoms with Gasteiger partial charge in [0.05, 0.1) is 11.3 Å². The van der Waals surface area contributed by atoms with E-state index in [1.165, 1.54) is 0 Å². The summed E-state index contributed by atoms with van der Waals surface area (Å²) in [5.74, 6) is 1.07. The standard InChI is InChI=1S/C13H16N4O.C8H10N4/c1-16(7-8-17-6-2-3-13(17)18)12-5-4-11(9-14)10-15-12;1-9-5-7-3-2-4-8-10-6-11-12(7)8/h4-5,10H,2-3,6-8H2,1H3;2-4,6,9H,5H2,1H3. The Morgan fingerprint density at radius 3 is 2.80 bits per heavy atom. The maximum atomic E-state index is 11.5. The Kier molecular flexibility index (Phi) is 7.29. The Bertz CT molecular complexity index is 1010. The molecule has 1 aliphatic heterocycles. The smallest absolute Gasteiger partial charge is 0.222 e. The maximum Gasteiger partial charge on any atom is 0.222 e. The lowest BCUT2D eigenvalue weighted by molar-refractivity contribution is -0.127. The van der Waals surface area contributed by atoms with Gasteiger partial charge in [0.15, 0.2) is 5.65 Å². The van der Waals surface area contributed by atoms with E-state index in [1.807, 2.05) is 58.7 Å². The van der Waals surface area contributed by atoms with Crippen molar-refractivity contribution in [3.05, 3.63) is 54.1 Å². The van der Waals surface area contributed by atoms with Crippen LogP contribution in [-0.2, 0) is 11.3 Å². The number of anilines is 1. The van der Waals surface area contributed by atoms with Gasteiger partial charge in [-0.2, -0.15) is 10.4 Å². The number of hydrogen-bond donors (Lipinski definition) is 1. The monoisotopic (exact) mass is 406 g/mol. The van der Waals surface area contributed by atoms with Gasteiger partial charge in [-0.15, -0.1) is 0 Å². The van der Waals surface area contributed by atoms with Crippen molar-refractivity contribution < 1.29 is 4.79 Å². The molecule has 0 atom stereocenters. The average Bonchev–Trinajstić information content (AvgIpc) is 3.42. The molecule has 0 aliphatic carbocycles. The molecule has 1 N–H and O–H groups in total. The maximum absolute atomic E-state index is 11.5. The van der Waals surface area contributed by atoms with Gasteiger partial charge in [-0.3, -0.25) is 4.79 Å². The molecule has 0 radical (unpaired) electrons. The number of nitrogens with zero attached hydrogens (tertiary/aromatic N) is 7. The van der Waals surface area contributed by atoms with Crippen LogP contribution in [-0.4, -0.2) is 64.1 Å². The molecule has 1 saturated heterocycles. The highest BCUT2D eigenvalue weighted by Gasteiger charge is 2.19. The zero-order chi connectivity index (χ0) is 21.3. The average molecular weight is 406 g/mol. The largest absolute Gasteiger partial charge is 0.358 e. The van der Waals surface area contributed by atoms with Crippen LogP contribution >= 0.6 is 0 Å². The molecule has 0 bridgehead atoms. The summed E-state index contributed by atoms with van der Waals surface area (Å²) in [6.07, 6.45) is 4.78. The minimum Gasteiger partial charge on any atom is -0.358 e. The number of nitrogens with one attached hydrogen (secondary N) is 1. The van der Waals surface area contributed by atoms with Gasteiger partial charge in [0.1, 0.15) is 18.2 Å². The van der Waals surface area contributed by atoms with Crippen LogP contribution in [0.5, 0.6) is 0 Å². The van der Waals surface area contributed by atoms with Crippen molar-refractivity contribution >= 4 is 17.4 Å². The SMILES string of the molecule is CN(CCN1CCCC1=O)c1ccc(C#N)cn1.CNCc1cccc2ncnn12. The first-order valence-electron chi connectivity index (χ1n) is 9.89. The van der Waals surface area contributed by atoms with Gasteiger partial charge in [0.2, 0.25) is 5.91 Å². The number of nitriles is 1. The highest BCUT2D eigenvalue weighted by atomic mass is 16.2. The number of amides is 1. The Balaban J connectivity index is 0.000000184. The normalized spacial score (nSPS) is 13.1. The summed E-state index contributed by atoms with van der Waals surface area (Å²) >= 11 is 0. The molecule has 9 nitrogen and oxygen atoms in total. The Morgan fingerprint density at radius 1 is 1.27 bits per heavy atom. The van der Waals surface area contributed by atoms with Crippen LogP contribution in [0.4, 0.5) is 5.82 Å². The van der Waals surface area contributed by atoms with Crippen molar-refractivity contribution in [2.75, 3.05) is 38.6 Å². The molecule has 0 unspecified atom stereocenters. The molecule has 4 rings (SSSR count). The molecule has 156 valence electrons. The fourth-order valence-electron chi connectivity index (χ4n) is 3.22. The van der Waals surface area contributed by atoms with Gasteiger partial charge >= 0.3 is 0 Å². The van der Waals surface area contributed by atoms with Gasteiger partial charge in [0.25, 0.3) is 0 Å². The van der Waals surface area contributed by atoms with Crippen LogP contribution in [0.25, 0.3) is 5.65 Å². The zero-order valence-corrected chi connectivity index (χ0v) is 17.3. The molecule has 1 fully saturated rings. The van der Waals surface area contributed by atoms with E-state index in [0.717, 1.165) is 49.8 Å². The minimum atomic E-state index is 0.246. The van der Waals surface area contributed by atoms with Gasteiger partial charge in [-0.1, -0.05) is 6.07 Å². The predicted octanol–water partition coefficient (Wildman–Crippen LogP) is 1.46. The Labute approximate surface area is 176 Å².